The summed E-state index contributed by atoms with van der Waals surface area (Å²) < 4.78 is 12.6. The quantitative estimate of drug-likeness (QED) is 0.344. The summed E-state index contributed by atoms with van der Waals surface area (Å²) >= 11 is 0. The zero-order valence-electron chi connectivity index (χ0n) is 23.3. The van der Waals surface area contributed by atoms with Crippen LogP contribution in [0.2, 0.25) is 0 Å². The van der Waals surface area contributed by atoms with E-state index in [0.717, 1.165) is 16.6 Å². The van der Waals surface area contributed by atoms with Gasteiger partial charge in [-0.05, 0) is 63.1 Å². The average Bonchev–Trinajstić information content (AvgIpc) is 3.30. The van der Waals surface area contributed by atoms with Crippen LogP contribution < -0.4 is 14.8 Å². The van der Waals surface area contributed by atoms with E-state index in [1.165, 1.54) is 0 Å². The Bertz CT molecular complexity index is 1430. The maximum atomic E-state index is 14.1. The lowest BCUT2D eigenvalue weighted by atomic mass is 10.00. The van der Waals surface area contributed by atoms with Gasteiger partial charge in [-0.1, -0.05) is 47.2 Å². The maximum absolute atomic E-state index is 14.1. The number of carbonyl (C=O) groups excluding carboxylic acids is 2. The van der Waals surface area contributed by atoms with E-state index in [1.807, 2.05) is 76.2 Å². The van der Waals surface area contributed by atoms with Crippen molar-refractivity contribution in [3.05, 3.63) is 83.4 Å². The predicted molar refractivity (Wildman–Crippen MR) is 149 cm³/mol. The lowest BCUT2D eigenvalue weighted by Crippen LogP contribution is -2.49. The molecule has 4 rings (SSSR count). The van der Waals surface area contributed by atoms with E-state index in [0.29, 0.717) is 22.6 Å². The number of aryl methyl sites for hydroxylation is 1. The molecule has 1 heterocycles. The van der Waals surface area contributed by atoms with Crippen molar-refractivity contribution in [2.24, 2.45) is 0 Å². The van der Waals surface area contributed by atoms with Gasteiger partial charge in [-0.2, -0.15) is 0 Å². The monoisotopic (exact) mass is 529 g/mol. The summed E-state index contributed by atoms with van der Waals surface area (Å²) in [6, 6.07) is 19.6. The molecule has 0 aliphatic heterocycles. The molecule has 204 valence electrons. The molecule has 0 aliphatic rings. The van der Waals surface area contributed by atoms with Gasteiger partial charge in [0.25, 0.3) is 0 Å². The molecule has 0 spiro atoms. The van der Waals surface area contributed by atoms with Gasteiger partial charge in [0.2, 0.25) is 11.8 Å². The lowest BCUT2D eigenvalue weighted by Gasteiger charge is -2.34. The van der Waals surface area contributed by atoms with Gasteiger partial charge >= 0.3 is 0 Å². The molecule has 0 aliphatic carbocycles. The Hall–Kier alpha value is -4.40. The molecule has 4 aromatic rings. The minimum absolute atomic E-state index is 0.0905. The van der Waals surface area contributed by atoms with E-state index in [9.17, 15) is 9.59 Å². The number of methoxy groups -OCH3 is 2. The highest BCUT2D eigenvalue weighted by atomic mass is 16.5. The topological polar surface area (TPSA) is 98.6 Å². The van der Waals surface area contributed by atoms with Gasteiger partial charge in [0.1, 0.15) is 29.6 Å². The molecule has 1 aromatic heterocycles. The first kappa shape index (κ1) is 27.6. The SMILES string of the molecule is COc1cc(OC)cc([C@H](C(=O)NC(C)(C)C)N(Cc2ccc(C)cc2)C(=O)Cn2nnc3ccccc32)c1. The van der Waals surface area contributed by atoms with Crippen LogP contribution in [0.25, 0.3) is 11.0 Å². The first-order valence-corrected chi connectivity index (χ1v) is 12.8. The normalized spacial score (nSPS) is 12.2. The van der Waals surface area contributed by atoms with Crippen molar-refractivity contribution >= 4 is 22.8 Å². The van der Waals surface area contributed by atoms with Crippen molar-refractivity contribution in [3.8, 4) is 11.5 Å². The number of hydrogen-bond donors (Lipinski definition) is 1. The summed E-state index contributed by atoms with van der Waals surface area (Å²) in [5.41, 5.74) is 3.46. The summed E-state index contributed by atoms with van der Waals surface area (Å²) in [6.45, 7) is 7.83. The Morgan fingerprint density at radius 3 is 2.23 bits per heavy atom. The first-order chi connectivity index (χ1) is 18.6. The van der Waals surface area contributed by atoms with Crippen LogP contribution in [0.1, 0.15) is 43.5 Å². The first-order valence-electron chi connectivity index (χ1n) is 12.8. The fourth-order valence-corrected chi connectivity index (χ4v) is 4.36. The summed E-state index contributed by atoms with van der Waals surface area (Å²) in [5, 5.41) is 11.5. The molecule has 0 unspecified atom stereocenters. The minimum Gasteiger partial charge on any atom is -0.497 e. The molecule has 9 nitrogen and oxygen atoms in total. The number of amides is 2. The van der Waals surface area contributed by atoms with Crippen molar-refractivity contribution < 1.29 is 19.1 Å². The second kappa shape index (κ2) is 11.6. The van der Waals surface area contributed by atoms with Crippen molar-refractivity contribution in [3.63, 3.8) is 0 Å². The lowest BCUT2D eigenvalue weighted by molar-refractivity contribution is -0.142. The molecule has 0 bridgehead atoms. The van der Waals surface area contributed by atoms with E-state index in [1.54, 1.807) is 42.0 Å². The standard InChI is InChI=1S/C30H35N5O4/c1-20-11-13-21(14-12-20)18-34(27(36)19-35-26-10-8-7-9-25(26)32-33-35)28(29(37)31-30(2,3)4)22-15-23(38-5)17-24(16-22)39-6/h7-17,28H,18-19H2,1-6H3,(H,31,37)/t28-/m1/s1. The largest absolute Gasteiger partial charge is 0.497 e. The van der Waals surface area contributed by atoms with Crippen molar-refractivity contribution in [2.45, 2.75) is 52.4 Å². The summed E-state index contributed by atoms with van der Waals surface area (Å²) in [4.78, 5) is 29.6. The number of carbonyl (C=O) groups is 2. The molecular formula is C30H35N5O4. The van der Waals surface area contributed by atoms with Crippen LogP contribution >= 0.6 is 0 Å². The number of nitrogens with one attached hydrogen (secondary N) is 1. The Kier molecular flexibility index (Phi) is 8.18. The molecule has 0 fully saturated rings. The molecule has 0 saturated carbocycles. The Morgan fingerprint density at radius 2 is 1.62 bits per heavy atom. The smallest absolute Gasteiger partial charge is 0.247 e. The zero-order valence-corrected chi connectivity index (χ0v) is 23.3. The summed E-state index contributed by atoms with van der Waals surface area (Å²) in [7, 11) is 3.10. The van der Waals surface area contributed by atoms with Gasteiger partial charge in [0.15, 0.2) is 0 Å². The van der Waals surface area contributed by atoms with Crippen molar-refractivity contribution in [2.75, 3.05) is 14.2 Å². The molecule has 1 N–H and O–H groups in total. The number of hydrogen-bond acceptors (Lipinski definition) is 6. The van der Waals surface area contributed by atoms with Crippen molar-refractivity contribution in [1.82, 2.24) is 25.2 Å². The second-order valence-electron chi connectivity index (χ2n) is 10.5. The fraction of sp³-hybridized carbons (Fsp3) is 0.333. The number of nitrogens with zero attached hydrogens (tertiary/aromatic N) is 4. The third-order valence-electron chi connectivity index (χ3n) is 6.25. The summed E-state index contributed by atoms with van der Waals surface area (Å²) in [6.07, 6.45) is 0. The highest BCUT2D eigenvalue weighted by Gasteiger charge is 2.34. The maximum Gasteiger partial charge on any atom is 0.247 e. The van der Waals surface area contributed by atoms with Gasteiger partial charge < -0.3 is 19.7 Å². The van der Waals surface area contributed by atoms with Crippen LogP contribution in [0.5, 0.6) is 11.5 Å². The van der Waals surface area contributed by atoms with Gasteiger partial charge in [0.05, 0.1) is 19.7 Å². The van der Waals surface area contributed by atoms with Gasteiger partial charge in [-0.15, -0.1) is 5.10 Å². The second-order valence-corrected chi connectivity index (χ2v) is 10.5. The molecule has 39 heavy (non-hydrogen) atoms. The van der Waals surface area contributed by atoms with Crippen LogP contribution in [-0.4, -0.2) is 51.5 Å². The van der Waals surface area contributed by atoms with E-state index in [2.05, 4.69) is 15.6 Å². The number of aromatic nitrogens is 3. The number of ether oxygens (including phenoxy) is 2. The van der Waals surface area contributed by atoms with Crippen LogP contribution in [0.3, 0.4) is 0 Å². The highest BCUT2D eigenvalue weighted by molar-refractivity contribution is 5.89. The van der Waals surface area contributed by atoms with Gasteiger partial charge in [-0.3, -0.25) is 9.59 Å². The van der Waals surface area contributed by atoms with Gasteiger partial charge in [-0.25, -0.2) is 4.68 Å². The fourth-order valence-electron chi connectivity index (χ4n) is 4.36. The molecule has 0 saturated heterocycles. The van der Waals surface area contributed by atoms with Crippen LogP contribution in [-0.2, 0) is 22.7 Å². The summed E-state index contributed by atoms with van der Waals surface area (Å²) in [5.74, 6) is 0.426. The molecular weight excluding hydrogens is 494 g/mol. The molecule has 1 atom stereocenters. The van der Waals surface area contributed by atoms with Gasteiger partial charge in [0, 0.05) is 18.2 Å². The predicted octanol–water partition coefficient (Wildman–Crippen LogP) is 4.44. The van der Waals surface area contributed by atoms with Crippen LogP contribution in [0.15, 0.2) is 66.7 Å². The highest BCUT2D eigenvalue weighted by Crippen LogP contribution is 2.32. The minimum atomic E-state index is -0.975. The van der Waals surface area contributed by atoms with Crippen LogP contribution in [0, 0.1) is 6.92 Å². The third kappa shape index (κ3) is 6.73. The number of fused-ring (bicyclic) bond motifs is 1. The molecule has 0 radical (unpaired) electrons. The van der Waals surface area contributed by atoms with E-state index < -0.39 is 11.6 Å². The van der Waals surface area contributed by atoms with E-state index in [4.69, 9.17) is 9.47 Å². The van der Waals surface area contributed by atoms with Crippen molar-refractivity contribution in [1.29, 1.82) is 0 Å². The number of para-hydroxylation sites is 1. The van der Waals surface area contributed by atoms with Crippen LogP contribution in [0.4, 0.5) is 0 Å². The number of benzene rings is 3. The molecule has 2 amide bonds. The molecule has 9 heteroatoms. The third-order valence-corrected chi connectivity index (χ3v) is 6.25. The molecule has 3 aromatic carbocycles. The van der Waals surface area contributed by atoms with E-state index >= 15 is 0 Å². The Labute approximate surface area is 228 Å². The van der Waals surface area contributed by atoms with E-state index in [-0.39, 0.29) is 24.9 Å². The Balaban J connectivity index is 1.82. The number of rotatable bonds is 9. The zero-order chi connectivity index (χ0) is 28.2. The average molecular weight is 530 g/mol. The Morgan fingerprint density at radius 1 is 0.974 bits per heavy atom.